The monoisotopic (exact) mass is 154 g/mol. The van der Waals surface area contributed by atoms with E-state index >= 15 is 0 Å². The highest BCUT2D eigenvalue weighted by atomic mass is 32.2. The van der Waals surface area contributed by atoms with Crippen molar-refractivity contribution in [1.82, 2.24) is 0 Å². The Labute approximate surface area is 63.4 Å². The SMILES string of the molecule is C1=COC2=CCSOC2=C1. The third kappa shape index (κ3) is 0.926. The third-order valence-electron chi connectivity index (χ3n) is 1.25. The summed E-state index contributed by atoms with van der Waals surface area (Å²) in [5, 5.41) is 0. The van der Waals surface area contributed by atoms with Gasteiger partial charge in [-0.15, -0.1) is 0 Å². The van der Waals surface area contributed by atoms with E-state index in [1.54, 1.807) is 6.26 Å². The van der Waals surface area contributed by atoms with E-state index in [4.69, 9.17) is 8.92 Å². The van der Waals surface area contributed by atoms with Crippen LogP contribution in [0.25, 0.3) is 0 Å². The van der Waals surface area contributed by atoms with Crippen molar-refractivity contribution in [2.24, 2.45) is 0 Å². The van der Waals surface area contributed by atoms with Gasteiger partial charge in [-0.3, -0.25) is 0 Å². The van der Waals surface area contributed by atoms with Crippen LogP contribution >= 0.6 is 12.0 Å². The van der Waals surface area contributed by atoms with E-state index in [2.05, 4.69) is 0 Å². The fraction of sp³-hybridized carbons (Fsp3) is 0.143. The predicted octanol–water partition coefficient (Wildman–Crippen LogP) is 1.98. The Balaban J connectivity index is 2.32. The summed E-state index contributed by atoms with van der Waals surface area (Å²) in [6, 6.07) is 0. The van der Waals surface area contributed by atoms with Gasteiger partial charge in [0, 0.05) is 0 Å². The van der Waals surface area contributed by atoms with Crippen molar-refractivity contribution in [3.63, 3.8) is 0 Å². The van der Waals surface area contributed by atoms with Gasteiger partial charge in [0.1, 0.15) is 0 Å². The average molecular weight is 154 g/mol. The van der Waals surface area contributed by atoms with E-state index in [0.29, 0.717) is 0 Å². The maximum Gasteiger partial charge on any atom is 0.179 e. The highest BCUT2D eigenvalue weighted by Gasteiger charge is 2.14. The van der Waals surface area contributed by atoms with Gasteiger partial charge in [-0.1, -0.05) is 0 Å². The van der Waals surface area contributed by atoms with Gasteiger partial charge in [-0.2, -0.15) is 0 Å². The number of hydrogen-bond donors (Lipinski definition) is 0. The topological polar surface area (TPSA) is 18.5 Å². The first-order chi connectivity index (χ1) is 4.97. The number of allylic oxidation sites excluding steroid dienone is 2. The van der Waals surface area contributed by atoms with E-state index in [1.807, 2.05) is 18.2 Å². The summed E-state index contributed by atoms with van der Waals surface area (Å²) in [6.45, 7) is 0. The summed E-state index contributed by atoms with van der Waals surface area (Å²) in [6.07, 6.45) is 7.36. The Morgan fingerprint density at radius 2 is 2.40 bits per heavy atom. The average Bonchev–Trinajstić information content (AvgIpc) is 2.05. The van der Waals surface area contributed by atoms with Gasteiger partial charge in [0.15, 0.2) is 11.5 Å². The molecule has 10 heavy (non-hydrogen) atoms. The number of rotatable bonds is 0. The molecule has 2 aliphatic rings. The molecule has 2 rings (SSSR count). The van der Waals surface area contributed by atoms with Gasteiger partial charge in [0.2, 0.25) is 0 Å². The molecule has 0 atom stereocenters. The van der Waals surface area contributed by atoms with Gasteiger partial charge in [-0.05, 0) is 18.2 Å². The first-order valence-electron chi connectivity index (χ1n) is 3.00. The van der Waals surface area contributed by atoms with Crippen molar-refractivity contribution in [3.8, 4) is 0 Å². The van der Waals surface area contributed by atoms with Crippen molar-refractivity contribution in [1.29, 1.82) is 0 Å². The smallest absolute Gasteiger partial charge is 0.179 e. The largest absolute Gasteiger partial charge is 0.461 e. The number of hydrogen-bond acceptors (Lipinski definition) is 3. The molecule has 0 spiro atoms. The first kappa shape index (κ1) is 5.92. The van der Waals surface area contributed by atoms with E-state index in [0.717, 1.165) is 17.3 Å². The molecule has 2 aliphatic heterocycles. The van der Waals surface area contributed by atoms with Crippen molar-refractivity contribution in [2.45, 2.75) is 0 Å². The molecule has 0 amide bonds. The van der Waals surface area contributed by atoms with Crippen LogP contribution in [0, 0.1) is 0 Å². The molecule has 0 N–H and O–H groups in total. The molecular formula is C7H6O2S. The molecule has 0 aromatic heterocycles. The van der Waals surface area contributed by atoms with Gasteiger partial charge in [0.05, 0.1) is 24.1 Å². The normalized spacial score (nSPS) is 21.6. The molecule has 0 aromatic carbocycles. The highest BCUT2D eigenvalue weighted by Crippen LogP contribution is 2.27. The van der Waals surface area contributed by atoms with Crippen LogP contribution in [-0.2, 0) is 8.92 Å². The van der Waals surface area contributed by atoms with Crippen LogP contribution in [-0.4, -0.2) is 5.75 Å². The minimum absolute atomic E-state index is 0.818. The zero-order chi connectivity index (χ0) is 6.81. The Morgan fingerprint density at radius 1 is 1.40 bits per heavy atom. The third-order valence-corrected chi connectivity index (χ3v) is 1.85. The molecule has 3 heteroatoms. The first-order valence-corrected chi connectivity index (χ1v) is 3.91. The number of fused-ring (bicyclic) bond motifs is 1. The van der Waals surface area contributed by atoms with Crippen LogP contribution in [0.15, 0.2) is 36.0 Å². The van der Waals surface area contributed by atoms with Crippen LogP contribution in [0.3, 0.4) is 0 Å². The summed E-state index contributed by atoms with van der Waals surface area (Å²) in [5.41, 5.74) is 0. The van der Waals surface area contributed by atoms with E-state index < -0.39 is 0 Å². The minimum atomic E-state index is 0.818. The second-order valence-electron chi connectivity index (χ2n) is 1.91. The lowest BCUT2D eigenvalue weighted by atomic mass is 10.3. The summed E-state index contributed by atoms with van der Waals surface area (Å²) >= 11 is 1.42. The van der Waals surface area contributed by atoms with Gasteiger partial charge >= 0.3 is 0 Å². The standard InChI is InChI=1S/C7H6O2S/c1-2-7-6(8-4-1)3-5-10-9-7/h1-4H,5H2. The van der Waals surface area contributed by atoms with Crippen LogP contribution < -0.4 is 0 Å². The molecular weight excluding hydrogens is 148 g/mol. The molecule has 0 aliphatic carbocycles. The maximum absolute atomic E-state index is 5.22. The fourth-order valence-corrected chi connectivity index (χ4v) is 1.36. The fourth-order valence-electron chi connectivity index (χ4n) is 0.804. The van der Waals surface area contributed by atoms with Crippen LogP contribution in [0.2, 0.25) is 0 Å². The van der Waals surface area contributed by atoms with E-state index in [9.17, 15) is 0 Å². The Bertz CT molecular complexity index is 228. The summed E-state index contributed by atoms with van der Waals surface area (Å²) in [5.74, 6) is 2.51. The number of ether oxygens (including phenoxy) is 1. The molecule has 2 nitrogen and oxygen atoms in total. The summed E-state index contributed by atoms with van der Waals surface area (Å²) < 4.78 is 10.4. The molecule has 2 heterocycles. The van der Waals surface area contributed by atoms with Crippen LogP contribution in [0.5, 0.6) is 0 Å². The molecule has 0 saturated heterocycles. The lowest BCUT2D eigenvalue weighted by Gasteiger charge is -2.16. The summed E-state index contributed by atoms with van der Waals surface area (Å²) in [7, 11) is 0. The van der Waals surface area contributed by atoms with Gasteiger partial charge in [0.25, 0.3) is 0 Å². The van der Waals surface area contributed by atoms with Crippen molar-refractivity contribution >= 4 is 12.0 Å². The minimum Gasteiger partial charge on any atom is -0.461 e. The molecule has 0 fully saturated rings. The quantitative estimate of drug-likeness (QED) is 0.497. The molecule has 0 aromatic rings. The van der Waals surface area contributed by atoms with E-state index in [-0.39, 0.29) is 0 Å². The zero-order valence-corrected chi connectivity index (χ0v) is 6.06. The molecule has 52 valence electrons. The Morgan fingerprint density at radius 3 is 3.30 bits per heavy atom. The second-order valence-corrected chi connectivity index (χ2v) is 2.65. The lowest BCUT2D eigenvalue weighted by Crippen LogP contribution is -2.01. The van der Waals surface area contributed by atoms with E-state index in [1.165, 1.54) is 12.0 Å². The predicted molar refractivity (Wildman–Crippen MR) is 39.9 cm³/mol. The maximum atomic E-state index is 5.22. The molecule has 0 saturated carbocycles. The summed E-state index contributed by atoms with van der Waals surface area (Å²) in [4.78, 5) is 0. The highest BCUT2D eigenvalue weighted by molar-refractivity contribution is 7.94. The lowest BCUT2D eigenvalue weighted by molar-refractivity contribution is 0.309. The van der Waals surface area contributed by atoms with Crippen LogP contribution in [0.4, 0.5) is 0 Å². The van der Waals surface area contributed by atoms with Crippen molar-refractivity contribution in [2.75, 3.05) is 5.75 Å². The second kappa shape index (κ2) is 2.42. The van der Waals surface area contributed by atoms with Crippen LogP contribution in [0.1, 0.15) is 0 Å². The van der Waals surface area contributed by atoms with Crippen molar-refractivity contribution < 1.29 is 8.92 Å². The Hall–Kier alpha value is -0.830. The molecule has 0 radical (unpaired) electrons. The Kier molecular flexibility index (Phi) is 1.43. The molecule has 0 unspecified atom stereocenters. The van der Waals surface area contributed by atoms with Gasteiger partial charge in [-0.25, -0.2) is 0 Å². The van der Waals surface area contributed by atoms with Gasteiger partial charge < -0.3 is 8.92 Å². The van der Waals surface area contributed by atoms with Crippen molar-refractivity contribution in [3.05, 3.63) is 36.0 Å². The zero-order valence-electron chi connectivity index (χ0n) is 5.24. The molecule has 0 bridgehead atoms.